The van der Waals surface area contributed by atoms with Crippen molar-refractivity contribution in [2.45, 2.75) is 78.2 Å². The molecular weight excluding hydrogens is 354 g/mol. The lowest BCUT2D eigenvalue weighted by atomic mass is 9.44. The first-order valence-electron chi connectivity index (χ1n) is 10.7. The van der Waals surface area contributed by atoms with Gasteiger partial charge in [-0.25, -0.2) is 0 Å². The lowest BCUT2D eigenvalue weighted by Crippen LogP contribution is -2.53. The SMILES string of the molecule is C/C(=N/NC(N)=S)C1=CC[C@H]2[C@@H]3CC[C@H]4C[C@@H](O)CC[C@]4(C)[C@H]3CC[C@]12C. The number of nitrogens with one attached hydrogen (secondary N) is 1. The number of nitrogens with zero attached hydrogens (tertiary/aromatic N) is 1. The summed E-state index contributed by atoms with van der Waals surface area (Å²) in [4.78, 5) is 0. The molecule has 0 unspecified atom stereocenters. The average molecular weight is 390 g/mol. The van der Waals surface area contributed by atoms with Crippen LogP contribution in [0.4, 0.5) is 0 Å². The van der Waals surface area contributed by atoms with E-state index in [-0.39, 0.29) is 16.6 Å². The monoisotopic (exact) mass is 389 g/mol. The molecule has 0 aliphatic heterocycles. The number of allylic oxidation sites excluding steroid dienone is 2. The van der Waals surface area contributed by atoms with Gasteiger partial charge in [0.2, 0.25) is 0 Å². The van der Waals surface area contributed by atoms with Crippen molar-refractivity contribution in [2.24, 2.45) is 45.3 Å². The Labute approximate surface area is 169 Å². The van der Waals surface area contributed by atoms with Gasteiger partial charge in [0.1, 0.15) is 0 Å². The molecule has 150 valence electrons. The maximum absolute atomic E-state index is 10.2. The number of hydrogen-bond donors (Lipinski definition) is 3. The second-order valence-electron chi connectivity index (χ2n) is 10.1. The summed E-state index contributed by atoms with van der Waals surface area (Å²) in [5, 5.41) is 14.9. The molecule has 4 aliphatic carbocycles. The first-order chi connectivity index (χ1) is 12.8. The van der Waals surface area contributed by atoms with Crippen LogP contribution in [0.25, 0.3) is 0 Å². The van der Waals surface area contributed by atoms with Crippen molar-refractivity contribution in [1.29, 1.82) is 0 Å². The normalized spacial score (nSPS) is 46.7. The third-order valence-electron chi connectivity index (χ3n) is 8.94. The van der Waals surface area contributed by atoms with E-state index in [2.05, 4.69) is 37.4 Å². The summed E-state index contributed by atoms with van der Waals surface area (Å²) in [7, 11) is 0. The molecule has 0 radical (unpaired) electrons. The molecule has 4 nitrogen and oxygen atoms in total. The molecule has 0 aromatic rings. The number of hydrazone groups is 1. The number of aliphatic hydroxyl groups is 1. The van der Waals surface area contributed by atoms with Gasteiger partial charge in [-0.1, -0.05) is 19.9 Å². The Balaban J connectivity index is 1.56. The Hall–Kier alpha value is -0.940. The molecule has 0 bridgehead atoms. The summed E-state index contributed by atoms with van der Waals surface area (Å²) in [6.07, 6.45) is 12.0. The first kappa shape index (κ1) is 19.4. The molecule has 4 N–H and O–H groups in total. The van der Waals surface area contributed by atoms with Gasteiger partial charge >= 0.3 is 0 Å². The lowest BCUT2D eigenvalue weighted by Gasteiger charge is -2.60. The van der Waals surface area contributed by atoms with Crippen molar-refractivity contribution in [3.63, 3.8) is 0 Å². The minimum absolute atomic E-state index is 0.0618. The third kappa shape index (κ3) is 3.05. The van der Waals surface area contributed by atoms with E-state index < -0.39 is 0 Å². The highest BCUT2D eigenvalue weighted by molar-refractivity contribution is 7.80. The maximum atomic E-state index is 10.2. The van der Waals surface area contributed by atoms with Crippen molar-refractivity contribution in [1.82, 2.24) is 5.43 Å². The smallest absolute Gasteiger partial charge is 0.184 e. The van der Waals surface area contributed by atoms with E-state index in [4.69, 9.17) is 18.0 Å². The summed E-state index contributed by atoms with van der Waals surface area (Å²) in [5.74, 6) is 3.08. The van der Waals surface area contributed by atoms with E-state index in [1.165, 1.54) is 44.1 Å². The molecule has 0 heterocycles. The van der Waals surface area contributed by atoms with Crippen LogP contribution in [-0.2, 0) is 0 Å². The van der Waals surface area contributed by atoms with Gasteiger partial charge in [0.15, 0.2) is 5.11 Å². The molecule has 7 atom stereocenters. The predicted molar refractivity (Wildman–Crippen MR) is 114 cm³/mol. The van der Waals surface area contributed by atoms with Gasteiger partial charge < -0.3 is 10.8 Å². The van der Waals surface area contributed by atoms with Gasteiger partial charge in [-0.2, -0.15) is 5.10 Å². The number of thiocarbonyl (C=S) groups is 1. The zero-order valence-corrected chi connectivity index (χ0v) is 17.8. The molecule has 5 heteroatoms. The Morgan fingerprint density at radius 1 is 1.22 bits per heavy atom. The van der Waals surface area contributed by atoms with E-state index in [9.17, 15) is 5.11 Å². The molecular formula is C22H35N3OS. The van der Waals surface area contributed by atoms with Crippen LogP contribution in [0.1, 0.15) is 72.1 Å². The summed E-state index contributed by atoms with van der Waals surface area (Å²) in [5.41, 5.74) is 11.4. The number of hydrogen-bond acceptors (Lipinski definition) is 3. The van der Waals surface area contributed by atoms with Crippen LogP contribution in [0.15, 0.2) is 16.8 Å². The molecule has 0 aromatic heterocycles. The summed E-state index contributed by atoms with van der Waals surface area (Å²) in [6, 6.07) is 0. The van der Waals surface area contributed by atoms with Crippen LogP contribution in [-0.4, -0.2) is 22.0 Å². The molecule has 3 fully saturated rings. The summed E-state index contributed by atoms with van der Waals surface area (Å²) < 4.78 is 0. The fourth-order valence-corrected chi connectivity index (χ4v) is 7.61. The number of aliphatic hydroxyl groups excluding tert-OH is 1. The lowest BCUT2D eigenvalue weighted by molar-refractivity contribution is -0.117. The summed E-state index contributed by atoms with van der Waals surface area (Å²) in [6.45, 7) is 7.09. The van der Waals surface area contributed by atoms with E-state index >= 15 is 0 Å². The van der Waals surface area contributed by atoms with Crippen molar-refractivity contribution >= 4 is 23.0 Å². The highest BCUT2D eigenvalue weighted by Gasteiger charge is 2.58. The minimum Gasteiger partial charge on any atom is -0.393 e. The van der Waals surface area contributed by atoms with Crippen LogP contribution in [0.5, 0.6) is 0 Å². The molecule has 27 heavy (non-hydrogen) atoms. The summed E-state index contributed by atoms with van der Waals surface area (Å²) >= 11 is 4.90. The largest absolute Gasteiger partial charge is 0.393 e. The number of nitrogens with two attached hydrogens (primary N) is 1. The first-order valence-corrected chi connectivity index (χ1v) is 11.2. The maximum Gasteiger partial charge on any atom is 0.184 e. The van der Waals surface area contributed by atoms with Crippen molar-refractivity contribution in [3.05, 3.63) is 11.6 Å². The van der Waals surface area contributed by atoms with Gasteiger partial charge in [-0.3, -0.25) is 5.43 Å². The highest BCUT2D eigenvalue weighted by atomic mass is 32.1. The van der Waals surface area contributed by atoms with Gasteiger partial charge in [-0.15, -0.1) is 0 Å². The second-order valence-corrected chi connectivity index (χ2v) is 10.5. The quantitative estimate of drug-likeness (QED) is 0.377. The van der Waals surface area contributed by atoms with Gasteiger partial charge in [0.05, 0.1) is 11.8 Å². The van der Waals surface area contributed by atoms with Gasteiger partial charge in [0.25, 0.3) is 0 Å². The standard InChI is InChI=1S/C22H35N3OS/c1-13(24-25-20(23)27)17-6-7-18-16-5-4-14-12-15(26)8-10-21(14,2)19(16)9-11-22(17,18)3/h6,14-16,18-19,26H,4-5,7-12H2,1-3H3,(H3,23,25,27)/b24-13-/t14-,15-,16-,18-,19-,21-,22+/m0/s1. The van der Waals surface area contributed by atoms with Crippen LogP contribution < -0.4 is 11.2 Å². The minimum atomic E-state index is -0.0618. The topological polar surface area (TPSA) is 70.6 Å². The van der Waals surface area contributed by atoms with Crippen molar-refractivity contribution < 1.29 is 5.11 Å². The molecule has 0 amide bonds. The van der Waals surface area contributed by atoms with E-state index in [1.807, 2.05) is 0 Å². The Morgan fingerprint density at radius 3 is 2.74 bits per heavy atom. The molecule has 0 aromatic carbocycles. The van der Waals surface area contributed by atoms with Gasteiger partial charge in [-0.05, 0) is 111 Å². The Kier molecular flexibility index (Phi) is 4.91. The van der Waals surface area contributed by atoms with Crippen molar-refractivity contribution in [3.8, 4) is 0 Å². The molecule has 3 saturated carbocycles. The van der Waals surface area contributed by atoms with Crippen LogP contribution in [0, 0.1) is 34.5 Å². The van der Waals surface area contributed by atoms with Crippen molar-refractivity contribution in [2.75, 3.05) is 0 Å². The fourth-order valence-electron chi connectivity index (χ4n) is 7.56. The van der Waals surface area contributed by atoms with E-state index in [0.29, 0.717) is 5.41 Å². The van der Waals surface area contributed by atoms with Crippen LogP contribution in [0.2, 0.25) is 0 Å². The van der Waals surface area contributed by atoms with E-state index in [1.54, 1.807) is 0 Å². The Bertz CT molecular complexity index is 689. The zero-order chi connectivity index (χ0) is 19.4. The van der Waals surface area contributed by atoms with Crippen LogP contribution in [0.3, 0.4) is 0 Å². The fraction of sp³-hybridized carbons (Fsp3) is 0.818. The van der Waals surface area contributed by atoms with E-state index in [0.717, 1.165) is 42.2 Å². The van der Waals surface area contributed by atoms with Gasteiger partial charge in [0, 0.05) is 0 Å². The second kappa shape index (κ2) is 6.84. The third-order valence-corrected chi connectivity index (χ3v) is 9.03. The zero-order valence-electron chi connectivity index (χ0n) is 17.0. The molecule has 0 spiro atoms. The Morgan fingerprint density at radius 2 is 2.00 bits per heavy atom. The molecule has 4 aliphatic rings. The number of rotatable bonds is 2. The molecule has 4 rings (SSSR count). The number of fused-ring (bicyclic) bond motifs is 5. The average Bonchev–Trinajstić information content (AvgIpc) is 2.97. The molecule has 0 saturated heterocycles. The van der Waals surface area contributed by atoms with Crippen LogP contribution >= 0.6 is 12.2 Å². The predicted octanol–water partition coefficient (Wildman–Crippen LogP) is 4.14. The highest BCUT2D eigenvalue weighted by Crippen LogP contribution is 2.66.